The number of hydrogen-bond acceptors (Lipinski definition) is 9. The van der Waals surface area contributed by atoms with Crippen LogP contribution in [-0.2, 0) is 4.79 Å². The van der Waals surface area contributed by atoms with E-state index in [9.17, 15) is 22.4 Å². The predicted molar refractivity (Wildman–Crippen MR) is 187 cm³/mol. The van der Waals surface area contributed by atoms with E-state index in [-0.39, 0.29) is 88.9 Å². The average Bonchev–Trinajstić information content (AvgIpc) is 3.70. The molecule has 3 aliphatic rings. The van der Waals surface area contributed by atoms with Gasteiger partial charge in [-0.2, -0.15) is 9.97 Å². The fourth-order valence-corrected chi connectivity index (χ4v) is 7.73. The maximum absolute atomic E-state index is 16.9. The number of terminal acetylenes is 1. The molecule has 10 nitrogen and oxygen atoms in total. The van der Waals surface area contributed by atoms with E-state index in [2.05, 4.69) is 35.7 Å². The summed E-state index contributed by atoms with van der Waals surface area (Å²) in [4.78, 5) is 39.6. The summed E-state index contributed by atoms with van der Waals surface area (Å²) in [5.41, 5.74) is -1.16. The summed E-state index contributed by atoms with van der Waals surface area (Å²) in [6.45, 7) is 1.72. The number of pyridine rings is 1. The minimum atomic E-state index is -1.24. The summed E-state index contributed by atoms with van der Waals surface area (Å²) in [6.07, 6.45) is 11.7. The number of halogens is 5. The third-order valence-electron chi connectivity index (χ3n) is 10.2. The Morgan fingerprint density at radius 3 is 2.60 bits per heavy atom. The highest BCUT2D eigenvalue weighted by atomic mass is 19.2. The van der Waals surface area contributed by atoms with E-state index in [0.29, 0.717) is 13.0 Å². The van der Waals surface area contributed by atoms with Crippen LogP contribution in [0.15, 0.2) is 54.7 Å². The van der Waals surface area contributed by atoms with Crippen LogP contribution < -0.4 is 9.64 Å². The summed E-state index contributed by atoms with van der Waals surface area (Å²) in [6, 6.07) is 7.00. The van der Waals surface area contributed by atoms with Crippen LogP contribution in [0.1, 0.15) is 30.7 Å². The van der Waals surface area contributed by atoms with Crippen molar-refractivity contribution in [3.63, 3.8) is 0 Å². The number of carbonyl (C=O) groups is 1. The van der Waals surface area contributed by atoms with E-state index in [4.69, 9.17) is 11.2 Å². The van der Waals surface area contributed by atoms with Crippen LogP contribution in [0.3, 0.4) is 0 Å². The Kier molecular flexibility index (Phi) is 8.85. The highest BCUT2D eigenvalue weighted by Gasteiger charge is 2.49. The fourth-order valence-electron chi connectivity index (χ4n) is 7.73. The zero-order valence-corrected chi connectivity index (χ0v) is 28.2. The van der Waals surface area contributed by atoms with Crippen LogP contribution >= 0.6 is 0 Å². The SMILES string of the molecule is C#Cc1c(F)c(F)cc2cccc(-c3ncc4c(N5CCN(C(=O)/C(F)=C/c6ncccn6)CC5)nc(OCC56CCCN5C[C@H](F)C6)nc4c3F)c12. The number of hydrogen-bond donors (Lipinski definition) is 0. The normalized spacial score (nSPS) is 20.6. The lowest BCUT2D eigenvalue weighted by Gasteiger charge is -2.35. The third-order valence-corrected chi connectivity index (χ3v) is 10.2. The van der Waals surface area contributed by atoms with Gasteiger partial charge in [-0.05, 0) is 36.9 Å². The van der Waals surface area contributed by atoms with Crippen LogP contribution in [0.4, 0.5) is 27.8 Å². The molecule has 3 aromatic heterocycles. The van der Waals surface area contributed by atoms with Gasteiger partial charge in [-0.1, -0.05) is 24.1 Å². The number of piperazine rings is 1. The molecule has 270 valence electrons. The van der Waals surface area contributed by atoms with E-state index >= 15 is 4.39 Å². The Morgan fingerprint density at radius 2 is 1.83 bits per heavy atom. The van der Waals surface area contributed by atoms with E-state index in [0.717, 1.165) is 31.5 Å². The molecule has 2 atom stereocenters. The maximum Gasteiger partial charge on any atom is 0.319 e. The van der Waals surface area contributed by atoms with Crippen molar-refractivity contribution in [3.05, 3.63) is 83.6 Å². The molecular weight excluding hydrogens is 695 g/mol. The summed E-state index contributed by atoms with van der Waals surface area (Å²) in [5.74, 6) is -2.59. The number of fused-ring (bicyclic) bond motifs is 3. The van der Waals surface area contributed by atoms with E-state index in [1.54, 1.807) is 17.0 Å². The first-order chi connectivity index (χ1) is 25.7. The number of aromatic nitrogens is 5. The van der Waals surface area contributed by atoms with Gasteiger partial charge in [0.15, 0.2) is 29.1 Å². The van der Waals surface area contributed by atoms with Gasteiger partial charge in [-0.3, -0.25) is 14.7 Å². The number of benzene rings is 2. The van der Waals surface area contributed by atoms with Gasteiger partial charge in [-0.15, -0.1) is 6.42 Å². The fraction of sp³-hybridized carbons (Fsp3) is 0.316. The molecule has 6 heterocycles. The van der Waals surface area contributed by atoms with Crippen molar-refractivity contribution in [2.75, 3.05) is 50.8 Å². The van der Waals surface area contributed by atoms with E-state index < -0.39 is 40.9 Å². The molecule has 8 rings (SSSR count). The predicted octanol–water partition coefficient (Wildman–Crippen LogP) is 5.65. The minimum Gasteiger partial charge on any atom is -0.461 e. The minimum absolute atomic E-state index is 0.0575. The van der Waals surface area contributed by atoms with E-state index in [1.807, 2.05) is 0 Å². The van der Waals surface area contributed by atoms with Gasteiger partial charge in [0.05, 0.1) is 16.5 Å². The summed E-state index contributed by atoms with van der Waals surface area (Å²) in [7, 11) is 0. The van der Waals surface area contributed by atoms with Crippen molar-refractivity contribution in [2.45, 2.75) is 31.0 Å². The van der Waals surface area contributed by atoms with Gasteiger partial charge in [0, 0.05) is 74.8 Å². The molecule has 0 aliphatic carbocycles. The first kappa shape index (κ1) is 34.3. The Labute approximate surface area is 300 Å². The van der Waals surface area contributed by atoms with Crippen LogP contribution in [0.25, 0.3) is 39.0 Å². The number of ether oxygens (including phenoxy) is 1. The monoisotopic (exact) mass is 726 g/mol. The van der Waals surface area contributed by atoms with Crippen molar-refractivity contribution < 1.29 is 31.5 Å². The summed E-state index contributed by atoms with van der Waals surface area (Å²) in [5, 5.41) is 0.570. The molecule has 53 heavy (non-hydrogen) atoms. The zero-order valence-electron chi connectivity index (χ0n) is 28.2. The van der Waals surface area contributed by atoms with Gasteiger partial charge in [-0.25, -0.2) is 31.9 Å². The maximum atomic E-state index is 16.9. The average molecular weight is 727 g/mol. The van der Waals surface area contributed by atoms with Gasteiger partial charge < -0.3 is 14.5 Å². The quantitative estimate of drug-likeness (QED) is 0.120. The molecular formula is C38H31F5N8O2. The van der Waals surface area contributed by atoms with Crippen LogP contribution in [0.2, 0.25) is 0 Å². The highest BCUT2D eigenvalue weighted by Crippen LogP contribution is 2.41. The van der Waals surface area contributed by atoms with Crippen molar-refractivity contribution in [2.24, 2.45) is 0 Å². The van der Waals surface area contributed by atoms with Gasteiger partial charge in [0.2, 0.25) is 0 Å². The largest absolute Gasteiger partial charge is 0.461 e. The first-order valence-electron chi connectivity index (χ1n) is 17.1. The number of anilines is 1. The highest BCUT2D eigenvalue weighted by molar-refractivity contribution is 6.02. The molecule has 0 saturated carbocycles. The Hall–Kier alpha value is -5.75. The molecule has 5 aromatic rings. The smallest absolute Gasteiger partial charge is 0.319 e. The second-order valence-corrected chi connectivity index (χ2v) is 13.4. The molecule has 0 radical (unpaired) electrons. The standard InChI is InChI=1S/C38H31F5N8O2/c1-2-24-30-22(16-27(40)31(24)42)6-3-7-25(30)33-32(43)34-26(19-46-33)35(48-37(47-34)53-21-38-8-4-11-51(38)20-23(39)18-38)49-12-14-50(15-13-49)36(52)28(41)17-29-44-9-5-10-45-29/h1,3,5-7,9-10,16-17,19,23H,4,8,11-15,18,20-21H2/b28-17-/t23-,38?/m1/s1. The first-order valence-corrected chi connectivity index (χ1v) is 17.1. The lowest BCUT2D eigenvalue weighted by atomic mass is 9.95. The topological polar surface area (TPSA) is 100 Å². The van der Waals surface area contributed by atoms with Crippen molar-refractivity contribution >= 4 is 39.5 Å². The molecule has 1 unspecified atom stereocenters. The molecule has 15 heteroatoms. The number of alkyl halides is 1. The molecule has 3 fully saturated rings. The Bertz CT molecular complexity index is 2330. The van der Waals surface area contributed by atoms with Crippen molar-refractivity contribution in [1.82, 2.24) is 34.7 Å². The second-order valence-electron chi connectivity index (χ2n) is 13.4. The zero-order chi connectivity index (χ0) is 36.9. The van der Waals surface area contributed by atoms with Crippen LogP contribution in [-0.4, -0.2) is 98.2 Å². The molecule has 0 N–H and O–H groups in total. The third kappa shape index (κ3) is 6.16. The number of carbonyl (C=O) groups excluding carboxylic acids is 1. The van der Waals surface area contributed by atoms with Crippen LogP contribution in [0, 0.1) is 29.8 Å². The number of amides is 1. The second kappa shape index (κ2) is 13.7. The van der Waals surface area contributed by atoms with Crippen molar-refractivity contribution in [1.29, 1.82) is 0 Å². The Balaban J connectivity index is 1.16. The molecule has 0 spiro atoms. The summed E-state index contributed by atoms with van der Waals surface area (Å²) >= 11 is 0. The van der Waals surface area contributed by atoms with Crippen LogP contribution in [0.5, 0.6) is 6.01 Å². The molecule has 2 aromatic carbocycles. The van der Waals surface area contributed by atoms with Gasteiger partial charge >= 0.3 is 6.01 Å². The lowest BCUT2D eigenvalue weighted by Crippen LogP contribution is -2.49. The Morgan fingerprint density at radius 1 is 1.04 bits per heavy atom. The lowest BCUT2D eigenvalue weighted by molar-refractivity contribution is -0.128. The molecule has 3 saturated heterocycles. The number of nitrogens with zero attached hydrogens (tertiary/aromatic N) is 8. The molecule has 0 bridgehead atoms. The van der Waals surface area contributed by atoms with Gasteiger partial charge in [0.1, 0.15) is 29.8 Å². The molecule has 1 amide bonds. The molecule has 3 aliphatic heterocycles. The van der Waals surface area contributed by atoms with Crippen molar-refractivity contribution in [3.8, 4) is 29.6 Å². The van der Waals surface area contributed by atoms with E-state index in [1.165, 1.54) is 35.6 Å². The summed E-state index contributed by atoms with van der Waals surface area (Å²) < 4.78 is 81.7. The van der Waals surface area contributed by atoms with Gasteiger partial charge in [0.25, 0.3) is 5.91 Å². The number of rotatable bonds is 7.